The Balaban J connectivity index is 2.71. The predicted octanol–water partition coefficient (Wildman–Crippen LogP) is 6.12. The van der Waals surface area contributed by atoms with Crippen LogP contribution in [0.4, 0.5) is 11.4 Å². The minimum atomic E-state index is -0.557. The minimum Gasteiger partial charge on any atom is -0.464 e. The van der Waals surface area contributed by atoms with Crippen molar-refractivity contribution in [2.24, 2.45) is 0 Å². The van der Waals surface area contributed by atoms with E-state index in [0.29, 0.717) is 28.8 Å². The lowest BCUT2D eigenvalue weighted by Gasteiger charge is -2.34. The summed E-state index contributed by atoms with van der Waals surface area (Å²) in [4.78, 5) is 14.5. The molecule has 0 aliphatic rings. The number of carbonyl (C=O) groups excluding carboxylic acids is 1. The number of esters is 1. The molecule has 0 N–H and O–H groups in total. The van der Waals surface area contributed by atoms with Crippen molar-refractivity contribution in [2.45, 2.75) is 26.3 Å². The smallest absolute Gasteiger partial charge is 0.329 e. The molecule has 0 spiro atoms. The van der Waals surface area contributed by atoms with E-state index >= 15 is 0 Å². The Morgan fingerprint density at radius 3 is 2.36 bits per heavy atom. The minimum absolute atomic E-state index is 0.308. The van der Waals surface area contributed by atoms with Crippen molar-refractivity contribution in [3.8, 4) is 0 Å². The first-order chi connectivity index (χ1) is 12.0. The Bertz CT molecular complexity index is 741. The molecule has 2 aromatic carbocycles. The van der Waals surface area contributed by atoms with Crippen LogP contribution >= 0.6 is 23.2 Å². The number of carbonyl (C=O) groups is 1. The Morgan fingerprint density at radius 2 is 1.80 bits per heavy atom. The van der Waals surface area contributed by atoms with Gasteiger partial charge in [-0.1, -0.05) is 67.0 Å². The van der Waals surface area contributed by atoms with Crippen LogP contribution in [0.1, 0.15) is 25.8 Å². The number of benzene rings is 2. The second kappa shape index (κ2) is 8.93. The standard InChI is InChI=1S/C20H21Cl2NO2/c1-4-14-10-7-8-13-18(14)23(17(5-2)20(24)25-6-3)19-15(21)11-9-12-16(19)22/h4,7-13,17H,1,5-6H2,2-3H3. The summed E-state index contributed by atoms with van der Waals surface area (Å²) in [7, 11) is 0. The second-order valence-corrected chi connectivity index (χ2v) is 6.19. The quantitative estimate of drug-likeness (QED) is 0.544. The fourth-order valence-electron chi connectivity index (χ4n) is 2.74. The van der Waals surface area contributed by atoms with Crippen molar-refractivity contribution in [2.75, 3.05) is 11.5 Å². The highest BCUT2D eigenvalue weighted by atomic mass is 35.5. The second-order valence-electron chi connectivity index (χ2n) is 5.38. The molecular weight excluding hydrogens is 357 g/mol. The Hall–Kier alpha value is -1.97. The van der Waals surface area contributed by atoms with Gasteiger partial charge in [-0.25, -0.2) is 4.79 Å². The van der Waals surface area contributed by atoms with Gasteiger partial charge in [-0.05, 0) is 37.1 Å². The summed E-state index contributed by atoms with van der Waals surface area (Å²) in [6, 6.07) is 12.4. The highest BCUT2D eigenvalue weighted by molar-refractivity contribution is 6.39. The van der Waals surface area contributed by atoms with Crippen molar-refractivity contribution in [3.63, 3.8) is 0 Å². The maximum Gasteiger partial charge on any atom is 0.329 e. The van der Waals surface area contributed by atoms with Gasteiger partial charge in [-0.2, -0.15) is 0 Å². The molecule has 2 rings (SSSR count). The van der Waals surface area contributed by atoms with Gasteiger partial charge in [-0.15, -0.1) is 0 Å². The van der Waals surface area contributed by atoms with Gasteiger partial charge < -0.3 is 9.64 Å². The number of nitrogens with zero attached hydrogens (tertiary/aromatic N) is 1. The van der Waals surface area contributed by atoms with Crippen LogP contribution in [0.15, 0.2) is 49.0 Å². The average Bonchev–Trinajstić information content (AvgIpc) is 2.61. The lowest BCUT2D eigenvalue weighted by atomic mass is 10.1. The monoisotopic (exact) mass is 377 g/mol. The Labute approximate surface area is 158 Å². The lowest BCUT2D eigenvalue weighted by Crippen LogP contribution is -2.39. The van der Waals surface area contributed by atoms with E-state index in [0.717, 1.165) is 11.3 Å². The zero-order chi connectivity index (χ0) is 18.4. The first-order valence-electron chi connectivity index (χ1n) is 8.16. The van der Waals surface area contributed by atoms with E-state index in [2.05, 4.69) is 6.58 Å². The largest absolute Gasteiger partial charge is 0.464 e. The summed E-state index contributed by atoms with van der Waals surface area (Å²) in [5.41, 5.74) is 2.26. The molecule has 0 aliphatic heterocycles. The molecule has 5 heteroatoms. The van der Waals surface area contributed by atoms with Crippen molar-refractivity contribution < 1.29 is 9.53 Å². The molecule has 0 aliphatic carbocycles. The number of halogens is 2. The zero-order valence-electron chi connectivity index (χ0n) is 14.3. The van der Waals surface area contributed by atoms with Gasteiger partial charge in [0.1, 0.15) is 6.04 Å². The molecule has 0 amide bonds. The Kier molecular flexibility index (Phi) is 6.91. The number of hydrogen-bond donors (Lipinski definition) is 0. The van der Waals surface area contributed by atoms with E-state index in [1.54, 1.807) is 31.2 Å². The fourth-order valence-corrected chi connectivity index (χ4v) is 3.32. The van der Waals surface area contributed by atoms with E-state index in [4.69, 9.17) is 27.9 Å². The van der Waals surface area contributed by atoms with Gasteiger partial charge in [0.05, 0.1) is 22.3 Å². The summed E-state index contributed by atoms with van der Waals surface area (Å²) in [5.74, 6) is -0.320. The van der Waals surface area contributed by atoms with E-state index in [1.165, 1.54) is 0 Å². The molecule has 1 unspecified atom stereocenters. The number of rotatable bonds is 7. The average molecular weight is 378 g/mol. The third kappa shape index (κ3) is 4.17. The SMILES string of the molecule is C=Cc1ccccc1N(c1c(Cl)cccc1Cl)C(CC)C(=O)OCC. The van der Waals surface area contributed by atoms with E-state index in [-0.39, 0.29) is 5.97 Å². The molecule has 0 radical (unpaired) electrons. The van der Waals surface area contributed by atoms with Gasteiger partial charge in [0.25, 0.3) is 0 Å². The highest BCUT2D eigenvalue weighted by Gasteiger charge is 2.31. The molecule has 0 heterocycles. The van der Waals surface area contributed by atoms with Crippen molar-refractivity contribution in [1.29, 1.82) is 0 Å². The molecule has 132 valence electrons. The molecule has 0 saturated carbocycles. The zero-order valence-corrected chi connectivity index (χ0v) is 15.8. The third-order valence-electron chi connectivity index (χ3n) is 3.85. The summed E-state index contributed by atoms with van der Waals surface area (Å²) in [6.45, 7) is 7.89. The van der Waals surface area contributed by atoms with Crippen molar-refractivity contribution in [1.82, 2.24) is 0 Å². The first kappa shape index (κ1) is 19.4. The van der Waals surface area contributed by atoms with Crippen LogP contribution in [0, 0.1) is 0 Å². The first-order valence-corrected chi connectivity index (χ1v) is 8.92. The van der Waals surface area contributed by atoms with Crippen LogP contribution in [0.25, 0.3) is 6.08 Å². The summed E-state index contributed by atoms with van der Waals surface area (Å²) in [5, 5.41) is 0.934. The summed E-state index contributed by atoms with van der Waals surface area (Å²) in [6.07, 6.45) is 2.27. The van der Waals surface area contributed by atoms with Crippen LogP contribution in [0.2, 0.25) is 10.0 Å². The Morgan fingerprint density at radius 1 is 1.16 bits per heavy atom. The van der Waals surface area contributed by atoms with Crippen LogP contribution < -0.4 is 4.90 Å². The molecular formula is C20H21Cl2NO2. The van der Waals surface area contributed by atoms with Gasteiger partial charge in [0.2, 0.25) is 0 Å². The maximum atomic E-state index is 12.6. The molecule has 25 heavy (non-hydrogen) atoms. The van der Waals surface area contributed by atoms with Gasteiger partial charge in [0, 0.05) is 5.69 Å². The number of ether oxygens (including phenoxy) is 1. The number of anilines is 2. The number of hydrogen-bond acceptors (Lipinski definition) is 3. The molecule has 0 saturated heterocycles. The van der Waals surface area contributed by atoms with Crippen LogP contribution in [-0.4, -0.2) is 18.6 Å². The van der Waals surface area contributed by atoms with Crippen molar-refractivity contribution in [3.05, 3.63) is 64.7 Å². The molecule has 0 fully saturated rings. The normalized spacial score (nSPS) is 11.7. The number of para-hydroxylation sites is 2. The third-order valence-corrected chi connectivity index (χ3v) is 4.46. The summed E-state index contributed by atoms with van der Waals surface area (Å²) >= 11 is 12.9. The fraction of sp³-hybridized carbons (Fsp3) is 0.250. The topological polar surface area (TPSA) is 29.5 Å². The van der Waals surface area contributed by atoms with E-state index in [9.17, 15) is 4.79 Å². The molecule has 3 nitrogen and oxygen atoms in total. The molecule has 1 atom stereocenters. The van der Waals surface area contributed by atoms with Crippen LogP contribution in [-0.2, 0) is 9.53 Å². The molecule has 0 aromatic heterocycles. The van der Waals surface area contributed by atoms with Crippen LogP contribution in [0.5, 0.6) is 0 Å². The molecule has 0 bridgehead atoms. The van der Waals surface area contributed by atoms with Gasteiger partial charge in [-0.3, -0.25) is 0 Å². The van der Waals surface area contributed by atoms with Crippen molar-refractivity contribution >= 4 is 46.6 Å². The van der Waals surface area contributed by atoms with E-state index in [1.807, 2.05) is 36.1 Å². The van der Waals surface area contributed by atoms with Gasteiger partial charge >= 0.3 is 5.97 Å². The highest BCUT2D eigenvalue weighted by Crippen LogP contribution is 2.41. The summed E-state index contributed by atoms with van der Waals surface area (Å²) < 4.78 is 5.28. The van der Waals surface area contributed by atoms with E-state index < -0.39 is 6.04 Å². The molecule has 2 aromatic rings. The van der Waals surface area contributed by atoms with Crippen LogP contribution in [0.3, 0.4) is 0 Å². The van der Waals surface area contributed by atoms with Gasteiger partial charge in [0.15, 0.2) is 0 Å². The lowest BCUT2D eigenvalue weighted by molar-refractivity contribution is -0.144. The maximum absolute atomic E-state index is 12.6. The predicted molar refractivity (Wildman–Crippen MR) is 106 cm³/mol.